The van der Waals surface area contributed by atoms with Gasteiger partial charge in [0, 0.05) is 18.0 Å². The third kappa shape index (κ3) is 3.35. The van der Waals surface area contributed by atoms with E-state index in [1.807, 2.05) is 48.5 Å². The number of carbonyl (C=O) groups is 1. The lowest BCUT2D eigenvalue weighted by Crippen LogP contribution is -2.34. The van der Waals surface area contributed by atoms with Crippen molar-refractivity contribution in [3.05, 3.63) is 89.5 Å². The molecule has 3 aromatic carbocycles. The Balaban J connectivity index is 1.37. The fourth-order valence-electron chi connectivity index (χ4n) is 4.94. The zero-order valence-corrected chi connectivity index (χ0v) is 17.4. The van der Waals surface area contributed by atoms with Crippen molar-refractivity contribution in [1.29, 1.82) is 0 Å². The average molecular weight is 415 g/mol. The Kier molecular flexibility index (Phi) is 5.12. The van der Waals surface area contributed by atoms with E-state index in [1.165, 1.54) is 22.3 Å². The molecule has 0 aromatic heterocycles. The highest BCUT2D eigenvalue weighted by molar-refractivity contribution is 5.79. The number of para-hydroxylation sites is 1. The van der Waals surface area contributed by atoms with Crippen LogP contribution in [-0.2, 0) is 4.74 Å². The van der Waals surface area contributed by atoms with Crippen molar-refractivity contribution < 1.29 is 19.4 Å². The first-order chi connectivity index (χ1) is 15.2. The Morgan fingerprint density at radius 3 is 2.16 bits per heavy atom. The zero-order valence-electron chi connectivity index (χ0n) is 17.4. The number of benzene rings is 3. The predicted octanol–water partition coefficient (Wildman–Crippen LogP) is 4.75. The normalized spacial score (nSPS) is 19.7. The van der Waals surface area contributed by atoms with Crippen molar-refractivity contribution in [2.45, 2.75) is 24.5 Å². The summed E-state index contributed by atoms with van der Waals surface area (Å²) in [5.41, 5.74) is 5.55. The summed E-state index contributed by atoms with van der Waals surface area (Å²) >= 11 is 0. The van der Waals surface area contributed by atoms with Gasteiger partial charge in [0.1, 0.15) is 12.4 Å². The second-order valence-electron chi connectivity index (χ2n) is 8.04. The van der Waals surface area contributed by atoms with Gasteiger partial charge >= 0.3 is 6.09 Å². The molecule has 5 nitrogen and oxygen atoms in total. The van der Waals surface area contributed by atoms with Gasteiger partial charge in [-0.05, 0) is 34.7 Å². The summed E-state index contributed by atoms with van der Waals surface area (Å²) < 4.78 is 11.3. The summed E-state index contributed by atoms with van der Waals surface area (Å²) in [6, 6.07) is 23.6. The Hall–Kier alpha value is -3.31. The molecule has 1 fully saturated rings. The summed E-state index contributed by atoms with van der Waals surface area (Å²) in [4.78, 5) is 14.7. The van der Waals surface area contributed by atoms with Crippen LogP contribution in [0.5, 0.6) is 5.75 Å². The van der Waals surface area contributed by atoms with Crippen molar-refractivity contribution in [2.24, 2.45) is 0 Å². The first-order valence-corrected chi connectivity index (χ1v) is 10.6. The molecule has 1 amide bonds. The minimum Gasteiger partial charge on any atom is -0.496 e. The maximum atomic E-state index is 13.1. The van der Waals surface area contributed by atoms with E-state index in [2.05, 4.69) is 24.3 Å². The molecule has 5 heteroatoms. The van der Waals surface area contributed by atoms with E-state index in [-0.39, 0.29) is 12.5 Å². The van der Waals surface area contributed by atoms with Crippen LogP contribution in [-0.4, -0.2) is 42.5 Å². The molecule has 0 bridgehead atoms. The predicted molar refractivity (Wildman–Crippen MR) is 118 cm³/mol. The molecule has 2 atom stereocenters. The fraction of sp³-hybridized carbons (Fsp3) is 0.269. The maximum Gasteiger partial charge on any atom is 0.410 e. The van der Waals surface area contributed by atoms with Crippen LogP contribution in [0.1, 0.15) is 35.1 Å². The monoisotopic (exact) mass is 415 g/mol. The van der Waals surface area contributed by atoms with Gasteiger partial charge in [-0.3, -0.25) is 4.90 Å². The van der Waals surface area contributed by atoms with Gasteiger partial charge in [0.2, 0.25) is 0 Å². The van der Waals surface area contributed by atoms with Gasteiger partial charge in [-0.25, -0.2) is 4.79 Å². The number of amides is 1. The Labute approximate surface area is 181 Å². The van der Waals surface area contributed by atoms with Gasteiger partial charge in [-0.2, -0.15) is 0 Å². The van der Waals surface area contributed by atoms with E-state index in [1.54, 1.807) is 12.0 Å². The number of hydrogen-bond acceptors (Lipinski definition) is 4. The summed E-state index contributed by atoms with van der Waals surface area (Å²) in [6.07, 6.45) is -0.557. The van der Waals surface area contributed by atoms with Crippen molar-refractivity contribution >= 4 is 6.09 Å². The van der Waals surface area contributed by atoms with E-state index in [4.69, 9.17) is 9.47 Å². The third-order valence-electron chi connectivity index (χ3n) is 6.39. The Morgan fingerprint density at radius 2 is 1.52 bits per heavy atom. The highest BCUT2D eigenvalue weighted by atomic mass is 16.6. The van der Waals surface area contributed by atoms with Crippen LogP contribution >= 0.6 is 0 Å². The van der Waals surface area contributed by atoms with Crippen molar-refractivity contribution in [3.63, 3.8) is 0 Å². The second kappa shape index (κ2) is 8.08. The molecule has 0 saturated carbocycles. The zero-order chi connectivity index (χ0) is 21.4. The van der Waals surface area contributed by atoms with Crippen LogP contribution in [0, 0.1) is 0 Å². The summed E-state index contributed by atoms with van der Waals surface area (Å²) in [7, 11) is 1.60. The quantitative estimate of drug-likeness (QED) is 0.668. The van der Waals surface area contributed by atoms with Crippen molar-refractivity contribution in [3.8, 4) is 16.9 Å². The maximum absolute atomic E-state index is 13.1. The number of likely N-dealkylation sites (tertiary alicyclic amines) is 1. The van der Waals surface area contributed by atoms with E-state index in [9.17, 15) is 9.90 Å². The standard InChI is InChI=1S/C26H25NO4/c1-30-24-13-7-6-12-21(24)25-23(28)14-15-27(25)26(29)31-16-22-19-10-4-2-8-17(19)18-9-3-5-11-20(18)22/h2-13,22-23,25,28H,14-16H2,1H3/t23-,25-/m1/s1. The molecular formula is C26H25NO4. The van der Waals surface area contributed by atoms with E-state index in [0.717, 1.165) is 5.56 Å². The number of aliphatic hydroxyl groups is 1. The van der Waals surface area contributed by atoms with E-state index >= 15 is 0 Å². The van der Waals surface area contributed by atoms with Gasteiger partial charge < -0.3 is 14.6 Å². The van der Waals surface area contributed by atoms with Crippen LogP contribution in [0.15, 0.2) is 72.8 Å². The summed E-state index contributed by atoms with van der Waals surface area (Å²) in [6.45, 7) is 0.707. The minimum absolute atomic E-state index is 0.00795. The summed E-state index contributed by atoms with van der Waals surface area (Å²) in [5.74, 6) is 0.665. The lowest BCUT2D eigenvalue weighted by molar-refractivity contribution is 0.0733. The largest absolute Gasteiger partial charge is 0.496 e. The van der Waals surface area contributed by atoms with Crippen LogP contribution in [0.4, 0.5) is 4.79 Å². The number of fused-ring (bicyclic) bond motifs is 3. The lowest BCUT2D eigenvalue weighted by atomic mass is 9.98. The number of rotatable bonds is 4. The van der Waals surface area contributed by atoms with E-state index < -0.39 is 18.2 Å². The van der Waals surface area contributed by atoms with Crippen molar-refractivity contribution in [2.75, 3.05) is 20.3 Å². The molecule has 0 unspecified atom stereocenters. The van der Waals surface area contributed by atoms with Crippen molar-refractivity contribution in [1.82, 2.24) is 4.90 Å². The smallest absolute Gasteiger partial charge is 0.410 e. The SMILES string of the molecule is COc1ccccc1[C@@H]1[C@H](O)CCN1C(=O)OCC1c2ccccc2-c2ccccc21. The first-order valence-electron chi connectivity index (χ1n) is 10.6. The molecule has 0 spiro atoms. The number of nitrogens with zero attached hydrogens (tertiary/aromatic N) is 1. The Morgan fingerprint density at radius 1 is 0.935 bits per heavy atom. The second-order valence-corrected chi connectivity index (χ2v) is 8.04. The molecule has 31 heavy (non-hydrogen) atoms. The van der Waals surface area contributed by atoms with Gasteiger partial charge in [-0.15, -0.1) is 0 Å². The fourth-order valence-corrected chi connectivity index (χ4v) is 4.94. The molecule has 1 heterocycles. The molecule has 1 aliphatic heterocycles. The number of methoxy groups -OCH3 is 1. The third-order valence-corrected chi connectivity index (χ3v) is 6.39. The highest BCUT2D eigenvalue weighted by Crippen LogP contribution is 2.45. The first kappa shape index (κ1) is 19.6. The average Bonchev–Trinajstić information content (AvgIpc) is 3.35. The molecule has 1 saturated heterocycles. The molecule has 5 rings (SSSR count). The topological polar surface area (TPSA) is 59.0 Å². The summed E-state index contributed by atoms with van der Waals surface area (Å²) in [5, 5.41) is 10.6. The molecule has 158 valence electrons. The molecule has 0 radical (unpaired) electrons. The van der Waals surface area contributed by atoms with Crippen LogP contribution < -0.4 is 4.74 Å². The van der Waals surface area contributed by atoms with Crippen LogP contribution in [0.2, 0.25) is 0 Å². The molecule has 3 aromatic rings. The number of carbonyl (C=O) groups excluding carboxylic acids is 1. The van der Waals surface area contributed by atoms with Crippen LogP contribution in [0.3, 0.4) is 0 Å². The highest BCUT2D eigenvalue weighted by Gasteiger charge is 2.40. The Bertz CT molecular complexity index is 1070. The minimum atomic E-state index is -0.656. The number of aliphatic hydroxyl groups excluding tert-OH is 1. The lowest BCUT2D eigenvalue weighted by Gasteiger charge is -2.28. The molecular weight excluding hydrogens is 390 g/mol. The van der Waals surface area contributed by atoms with Crippen LogP contribution in [0.25, 0.3) is 11.1 Å². The van der Waals surface area contributed by atoms with Gasteiger partial charge in [0.15, 0.2) is 0 Å². The molecule has 1 aliphatic carbocycles. The molecule has 2 aliphatic rings. The van der Waals surface area contributed by atoms with Gasteiger partial charge in [-0.1, -0.05) is 66.7 Å². The van der Waals surface area contributed by atoms with Gasteiger partial charge in [0.25, 0.3) is 0 Å². The molecule has 1 N–H and O–H groups in total. The van der Waals surface area contributed by atoms with E-state index in [0.29, 0.717) is 18.7 Å². The number of hydrogen-bond donors (Lipinski definition) is 1. The van der Waals surface area contributed by atoms with Gasteiger partial charge in [0.05, 0.1) is 19.3 Å². The number of ether oxygens (including phenoxy) is 2.